The van der Waals surface area contributed by atoms with Crippen LogP contribution in [0.25, 0.3) is 0 Å². The average molecular weight is 339 g/mol. The fourth-order valence-electron chi connectivity index (χ4n) is 2.12. The largest absolute Gasteiger partial charge is 0.356 e. The van der Waals surface area contributed by atoms with Crippen molar-refractivity contribution in [3.05, 3.63) is 70.8 Å². The third-order valence-corrected chi connectivity index (χ3v) is 3.38. The first-order valence-corrected chi connectivity index (χ1v) is 7.32. The van der Waals surface area contributed by atoms with E-state index in [0.29, 0.717) is 24.5 Å². The predicted molar refractivity (Wildman–Crippen MR) is 84.6 cm³/mol. The van der Waals surface area contributed by atoms with E-state index in [0.717, 1.165) is 24.3 Å². The molecule has 0 atom stereocenters. The van der Waals surface area contributed by atoms with Crippen LogP contribution in [0.1, 0.15) is 11.1 Å². The van der Waals surface area contributed by atoms with Gasteiger partial charge in [-0.1, -0.05) is 6.07 Å². The number of aliphatic imine (C=N–C) groups is 1. The highest BCUT2D eigenvalue weighted by atomic mass is 19.1. The van der Waals surface area contributed by atoms with Crippen LogP contribution >= 0.6 is 0 Å². The SMILES string of the molecule is CN=C(NCCc1ccc(F)cc1F)NCc1cc(F)ccc1F. The number of guanidine groups is 1. The second-order valence-electron chi connectivity index (χ2n) is 5.07. The molecule has 128 valence electrons. The lowest BCUT2D eigenvalue weighted by atomic mass is 10.1. The van der Waals surface area contributed by atoms with Crippen molar-refractivity contribution >= 4 is 5.96 Å². The highest BCUT2D eigenvalue weighted by Crippen LogP contribution is 2.10. The van der Waals surface area contributed by atoms with Crippen molar-refractivity contribution in [2.24, 2.45) is 4.99 Å². The fourth-order valence-corrected chi connectivity index (χ4v) is 2.12. The number of nitrogens with zero attached hydrogens (tertiary/aromatic N) is 1. The Morgan fingerprint density at radius 3 is 2.29 bits per heavy atom. The zero-order valence-corrected chi connectivity index (χ0v) is 13.0. The molecule has 0 bridgehead atoms. The summed E-state index contributed by atoms with van der Waals surface area (Å²) in [5.74, 6) is -1.92. The number of hydrogen-bond acceptors (Lipinski definition) is 1. The molecule has 0 aromatic heterocycles. The minimum atomic E-state index is -0.626. The van der Waals surface area contributed by atoms with Gasteiger partial charge in [0, 0.05) is 31.8 Å². The summed E-state index contributed by atoms with van der Waals surface area (Å²) in [6, 6.07) is 6.60. The van der Waals surface area contributed by atoms with E-state index >= 15 is 0 Å². The Bertz CT molecular complexity index is 732. The molecule has 0 aliphatic rings. The van der Waals surface area contributed by atoms with Crippen molar-refractivity contribution in [3.8, 4) is 0 Å². The number of halogens is 4. The number of hydrogen-bond donors (Lipinski definition) is 2. The normalized spacial score (nSPS) is 11.5. The van der Waals surface area contributed by atoms with Gasteiger partial charge in [0.25, 0.3) is 0 Å². The van der Waals surface area contributed by atoms with Crippen LogP contribution in [0.4, 0.5) is 17.6 Å². The van der Waals surface area contributed by atoms with Gasteiger partial charge in [0.05, 0.1) is 0 Å². The van der Waals surface area contributed by atoms with E-state index < -0.39 is 23.3 Å². The van der Waals surface area contributed by atoms with Gasteiger partial charge in [-0.05, 0) is 36.2 Å². The maximum Gasteiger partial charge on any atom is 0.191 e. The Hall–Kier alpha value is -2.57. The molecule has 2 aromatic carbocycles. The summed E-state index contributed by atoms with van der Waals surface area (Å²) >= 11 is 0. The molecular formula is C17H17F4N3. The van der Waals surface area contributed by atoms with Crippen LogP contribution in [0, 0.1) is 23.3 Å². The summed E-state index contributed by atoms with van der Waals surface area (Å²) in [5.41, 5.74) is 0.540. The molecule has 0 unspecified atom stereocenters. The lowest BCUT2D eigenvalue weighted by molar-refractivity contribution is 0.570. The Morgan fingerprint density at radius 1 is 0.875 bits per heavy atom. The average Bonchev–Trinajstić information content (AvgIpc) is 2.55. The van der Waals surface area contributed by atoms with E-state index in [2.05, 4.69) is 15.6 Å². The molecule has 0 radical (unpaired) electrons. The van der Waals surface area contributed by atoms with Crippen LogP contribution in [0.3, 0.4) is 0 Å². The Balaban J connectivity index is 1.85. The maximum atomic E-state index is 13.5. The smallest absolute Gasteiger partial charge is 0.191 e. The number of nitrogens with one attached hydrogen (secondary N) is 2. The van der Waals surface area contributed by atoms with Gasteiger partial charge in [-0.2, -0.15) is 0 Å². The Kier molecular flexibility index (Phi) is 6.17. The monoisotopic (exact) mass is 339 g/mol. The van der Waals surface area contributed by atoms with Crippen molar-refractivity contribution in [1.82, 2.24) is 10.6 Å². The number of benzene rings is 2. The second-order valence-corrected chi connectivity index (χ2v) is 5.07. The molecule has 0 spiro atoms. The quantitative estimate of drug-likeness (QED) is 0.499. The summed E-state index contributed by atoms with van der Waals surface area (Å²) in [7, 11) is 1.52. The molecule has 0 saturated carbocycles. The zero-order chi connectivity index (χ0) is 17.5. The van der Waals surface area contributed by atoms with E-state index in [1.165, 1.54) is 19.2 Å². The molecule has 0 saturated heterocycles. The third kappa shape index (κ3) is 4.97. The van der Waals surface area contributed by atoms with Gasteiger partial charge in [0.15, 0.2) is 5.96 Å². The minimum Gasteiger partial charge on any atom is -0.356 e. The fraction of sp³-hybridized carbons (Fsp3) is 0.235. The van der Waals surface area contributed by atoms with E-state index in [1.807, 2.05) is 0 Å². The van der Waals surface area contributed by atoms with Crippen molar-refractivity contribution in [3.63, 3.8) is 0 Å². The van der Waals surface area contributed by atoms with Crippen LogP contribution in [-0.2, 0) is 13.0 Å². The molecule has 0 aliphatic carbocycles. The van der Waals surface area contributed by atoms with Crippen molar-refractivity contribution in [2.75, 3.05) is 13.6 Å². The van der Waals surface area contributed by atoms with Crippen molar-refractivity contribution in [2.45, 2.75) is 13.0 Å². The van der Waals surface area contributed by atoms with Crippen LogP contribution < -0.4 is 10.6 Å². The first kappa shape index (κ1) is 17.8. The minimum absolute atomic E-state index is 0.0498. The molecule has 0 heterocycles. The van der Waals surface area contributed by atoms with Crippen molar-refractivity contribution in [1.29, 1.82) is 0 Å². The van der Waals surface area contributed by atoms with Gasteiger partial charge in [0.1, 0.15) is 23.3 Å². The molecule has 7 heteroatoms. The zero-order valence-electron chi connectivity index (χ0n) is 13.0. The molecule has 0 aliphatic heterocycles. The molecule has 2 rings (SSSR count). The Labute approximate surface area is 137 Å². The van der Waals surface area contributed by atoms with E-state index in [4.69, 9.17) is 0 Å². The lowest BCUT2D eigenvalue weighted by Gasteiger charge is -2.12. The highest BCUT2D eigenvalue weighted by Gasteiger charge is 2.06. The highest BCUT2D eigenvalue weighted by molar-refractivity contribution is 5.79. The summed E-state index contributed by atoms with van der Waals surface area (Å²) in [6.07, 6.45) is 0.321. The lowest BCUT2D eigenvalue weighted by Crippen LogP contribution is -2.38. The molecule has 3 nitrogen and oxygen atoms in total. The molecule has 24 heavy (non-hydrogen) atoms. The first-order valence-electron chi connectivity index (χ1n) is 7.32. The van der Waals surface area contributed by atoms with Gasteiger partial charge in [0.2, 0.25) is 0 Å². The molecular weight excluding hydrogens is 322 g/mol. The Morgan fingerprint density at radius 2 is 1.58 bits per heavy atom. The van der Waals surface area contributed by atoms with Gasteiger partial charge >= 0.3 is 0 Å². The van der Waals surface area contributed by atoms with Crippen molar-refractivity contribution < 1.29 is 17.6 Å². The van der Waals surface area contributed by atoms with Crippen LogP contribution in [-0.4, -0.2) is 19.6 Å². The maximum absolute atomic E-state index is 13.5. The third-order valence-electron chi connectivity index (χ3n) is 3.38. The second kappa shape index (κ2) is 8.33. The van der Waals surface area contributed by atoms with E-state index in [9.17, 15) is 17.6 Å². The van der Waals surface area contributed by atoms with Crippen LogP contribution in [0.2, 0.25) is 0 Å². The molecule has 0 fully saturated rings. The van der Waals surface area contributed by atoms with E-state index in [1.54, 1.807) is 0 Å². The summed E-state index contributed by atoms with van der Waals surface area (Å²) in [6.45, 7) is 0.391. The summed E-state index contributed by atoms with van der Waals surface area (Å²) in [4.78, 5) is 3.95. The van der Waals surface area contributed by atoms with Crippen LogP contribution in [0.5, 0.6) is 0 Å². The number of rotatable bonds is 5. The predicted octanol–water partition coefficient (Wildman–Crippen LogP) is 3.15. The standard InChI is InChI=1S/C17H17F4N3/c1-22-17(24-10-12-8-13(18)4-5-15(12)20)23-7-6-11-2-3-14(19)9-16(11)21/h2-5,8-9H,6-7,10H2,1H3,(H2,22,23,24). The van der Waals surface area contributed by atoms with Gasteiger partial charge in [-0.3, -0.25) is 4.99 Å². The van der Waals surface area contributed by atoms with Gasteiger partial charge in [-0.15, -0.1) is 0 Å². The van der Waals surface area contributed by atoms with Crippen LogP contribution in [0.15, 0.2) is 41.4 Å². The molecule has 2 N–H and O–H groups in total. The summed E-state index contributed by atoms with van der Waals surface area (Å²) in [5, 5.41) is 5.77. The topological polar surface area (TPSA) is 36.4 Å². The molecule has 0 amide bonds. The first-order chi connectivity index (χ1) is 11.5. The molecule has 2 aromatic rings. The van der Waals surface area contributed by atoms with Gasteiger partial charge in [-0.25, -0.2) is 17.6 Å². The summed E-state index contributed by atoms with van der Waals surface area (Å²) < 4.78 is 53.0. The van der Waals surface area contributed by atoms with E-state index in [-0.39, 0.29) is 12.1 Å². The van der Waals surface area contributed by atoms with Gasteiger partial charge < -0.3 is 10.6 Å².